The lowest BCUT2D eigenvalue weighted by molar-refractivity contribution is -0.384. The van der Waals surface area contributed by atoms with Gasteiger partial charge in [-0.1, -0.05) is 42.1 Å². The number of nitro groups is 1. The second-order valence-electron chi connectivity index (χ2n) is 9.31. The van der Waals surface area contributed by atoms with Gasteiger partial charge in [-0.3, -0.25) is 24.0 Å². The van der Waals surface area contributed by atoms with Crippen molar-refractivity contribution in [2.45, 2.75) is 51.2 Å². The van der Waals surface area contributed by atoms with Gasteiger partial charge in [0.25, 0.3) is 5.69 Å². The molecule has 1 atom stereocenters. The Labute approximate surface area is 237 Å². The van der Waals surface area contributed by atoms with Gasteiger partial charge in [0.05, 0.1) is 18.3 Å². The summed E-state index contributed by atoms with van der Waals surface area (Å²) in [5.41, 5.74) is -0.0788. The van der Waals surface area contributed by atoms with Gasteiger partial charge in [0.2, 0.25) is 21.8 Å². The molecule has 1 unspecified atom stereocenters. The molecule has 0 aromatic heterocycles. The number of carbonyl (C=O) groups excluding carboxylic acids is 2. The van der Waals surface area contributed by atoms with Crippen molar-refractivity contribution >= 4 is 56.4 Å². The monoisotopic (exact) mass is 600 g/mol. The van der Waals surface area contributed by atoms with Gasteiger partial charge >= 0.3 is 0 Å². The number of hydrogen-bond acceptors (Lipinski definition) is 7. The number of nitro benzene ring substituents is 1. The number of nitrogens with one attached hydrogen (secondary N) is 1. The number of non-ortho nitro benzene ring substituents is 1. The molecule has 1 N–H and O–H groups in total. The fourth-order valence-electron chi connectivity index (χ4n) is 4.39. The van der Waals surface area contributed by atoms with Crippen LogP contribution in [0.15, 0.2) is 36.4 Å². The molecule has 0 spiro atoms. The lowest BCUT2D eigenvalue weighted by Gasteiger charge is -2.32. The van der Waals surface area contributed by atoms with Crippen molar-refractivity contribution in [2.75, 3.05) is 24.2 Å². The normalized spacial score (nSPS) is 14.5. The van der Waals surface area contributed by atoms with Gasteiger partial charge in [-0.25, -0.2) is 8.42 Å². The number of halogens is 2. The number of carbonyl (C=O) groups is 2. The number of methoxy groups -OCH3 is 1. The molecule has 11 nitrogen and oxygen atoms in total. The van der Waals surface area contributed by atoms with Crippen LogP contribution in [0.3, 0.4) is 0 Å². The standard InChI is InChI=1S/C25H30Cl2N4O7S/c1-16(25(33)28-19-6-4-5-7-19)29(14-17-8-9-18(26)12-21(17)27)24(32)15-30(39(3,36)37)22-13-20(31(34)35)10-11-23(22)38-2/h8-13,16,19H,4-7,14-15H2,1-3H3,(H,28,33). The molecule has 0 aliphatic heterocycles. The molecule has 39 heavy (non-hydrogen) atoms. The van der Waals surface area contributed by atoms with Crippen LogP contribution in [-0.2, 0) is 26.2 Å². The van der Waals surface area contributed by atoms with Crippen molar-refractivity contribution in [1.29, 1.82) is 0 Å². The number of ether oxygens (including phenoxy) is 1. The van der Waals surface area contributed by atoms with Crippen molar-refractivity contribution in [3.8, 4) is 5.75 Å². The second-order valence-corrected chi connectivity index (χ2v) is 12.1. The highest BCUT2D eigenvalue weighted by Crippen LogP contribution is 2.34. The topological polar surface area (TPSA) is 139 Å². The van der Waals surface area contributed by atoms with Crippen molar-refractivity contribution in [1.82, 2.24) is 10.2 Å². The van der Waals surface area contributed by atoms with Crippen molar-refractivity contribution in [3.05, 3.63) is 62.1 Å². The molecule has 1 fully saturated rings. The first-order valence-electron chi connectivity index (χ1n) is 12.2. The first-order valence-corrected chi connectivity index (χ1v) is 14.8. The zero-order valence-corrected chi connectivity index (χ0v) is 24.1. The number of amides is 2. The van der Waals surface area contributed by atoms with Crippen molar-refractivity contribution in [2.24, 2.45) is 0 Å². The fourth-order valence-corrected chi connectivity index (χ4v) is 5.70. The Balaban J connectivity index is 1.99. The first kappa shape index (κ1) is 30.5. The maximum atomic E-state index is 13.8. The van der Waals surface area contributed by atoms with Crippen molar-refractivity contribution < 1.29 is 27.7 Å². The summed E-state index contributed by atoms with van der Waals surface area (Å²) in [5, 5.41) is 15.0. The Morgan fingerprint density at radius 2 is 1.85 bits per heavy atom. The quantitative estimate of drug-likeness (QED) is 0.302. The molecule has 3 rings (SSSR count). The van der Waals surface area contributed by atoms with E-state index in [4.69, 9.17) is 27.9 Å². The van der Waals surface area contributed by atoms with E-state index in [0.29, 0.717) is 10.6 Å². The van der Waals surface area contributed by atoms with E-state index in [1.54, 1.807) is 19.1 Å². The molecule has 2 amide bonds. The Bertz CT molecular complexity index is 1350. The molecule has 1 aliphatic rings. The summed E-state index contributed by atoms with van der Waals surface area (Å²) >= 11 is 12.4. The van der Waals surface area contributed by atoms with E-state index in [-0.39, 0.29) is 40.6 Å². The van der Waals surface area contributed by atoms with Crippen LogP contribution in [-0.4, -0.2) is 62.0 Å². The third-order valence-corrected chi connectivity index (χ3v) is 8.26. The van der Waals surface area contributed by atoms with Gasteiger partial charge < -0.3 is 15.0 Å². The Hall–Kier alpha value is -3.09. The maximum absolute atomic E-state index is 13.8. The summed E-state index contributed by atoms with van der Waals surface area (Å²) in [6.45, 7) is 0.686. The van der Waals surface area contributed by atoms with Gasteiger partial charge in [-0.15, -0.1) is 0 Å². The van der Waals surface area contributed by atoms with Crippen molar-refractivity contribution in [3.63, 3.8) is 0 Å². The van der Waals surface area contributed by atoms with Gasteiger partial charge in [0.15, 0.2) is 0 Å². The molecule has 1 saturated carbocycles. The minimum atomic E-state index is -4.13. The van der Waals surface area contributed by atoms with E-state index in [2.05, 4.69) is 5.32 Å². The molecular formula is C25H30Cl2N4O7S. The minimum absolute atomic E-state index is 0.00216. The van der Waals surface area contributed by atoms with Crippen LogP contribution in [0.4, 0.5) is 11.4 Å². The van der Waals surface area contributed by atoms with Crippen LogP contribution < -0.4 is 14.4 Å². The van der Waals surface area contributed by atoms with E-state index < -0.39 is 33.4 Å². The molecular weight excluding hydrogens is 571 g/mol. The molecule has 2 aromatic carbocycles. The second kappa shape index (κ2) is 12.8. The van der Waals surface area contributed by atoms with Crippen LogP contribution in [0.5, 0.6) is 5.75 Å². The van der Waals surface area contributed by atoms with E-state index in [9.17, 15) is 28.1 Å². The van der Waals surface area contributed by atoms with Gasteiger partial charge in [0.1, 0.15) is 24.0 Å². The zero-order chi connectivity index (χ0) is 28.9. The Morgan fingerprint density at radius 1 is 1.18 bits per heavy atom. The summed E-state index contributed by atoms with van der Waals surface area (Å²) < 4.78 is 31.6. The Morgan fingerprint density at radius 3 is 2.41 bits per heavy atom. The van der Waals surface area contributed by atoms with Crippen LogP contribution in [0.2, 0.25) is 10.0 Å². The zero-order valence-electron chi connectivity index (χ0n) is 21.7. The van der Waals surface area contributed by atoms with Crippen LogP contribution in [0.25, 0.3) is 0 Å². The lowest BCUT2D eigenvalue weighted by atomic mass is 10.1. The largest absolute Gasteiger partial charge is 0.495 e. The summed E-state index contributed by atoms with van der Waals surface area (Å²) in [6.07, 6.45) is 4.54. The minimum Gasteiger partial charge on any atom is -0.495 e. The summed E-state index contributed by atoms with van der Waals surface area (Å²) in [5.74, 6) is -1.11. The summed E-state index contributed by atoms with van der Waals surface area (Å²) in [4.78, 5) is 38.8. The third-order valence-electron chi connectivity index (χ3n) is 6.55. The van der Waals surface area contributed by atoms with E-state index in [1.807, 2.05) is 0 Å². The molecule has 14 heteroatoms. The van der Waals surface area contributed by atoms with Crippen LogP contribution >= 0.6 is 23.2 Å². The van der Waals surface area contributed by atoms with Crippen LogP contribution in [0, 0.1) is 10.1 Å². The lowest BCUT2D eigenvalue weighted by Crippen LogP contribution is -2.52. The first-order chi connectivity index (χ1) is 18.3. The molecule has 0 radical (unpaired) electrons. The predicted octanol–water partition coefficient (Wildman–Crippen LogP) is 4.15. The molecule has 0 saturated heterocycles. The number of rotatable bonds is 11. The summed E-state index contributed by atoms with van der Waals surface area (Å²) in [6, 6.07) is 7.14. The number of benzene rings is 2. The van der Waals surface area contributed by atoms with Gasteiger partial charge in [0, 0.05) is 34.8 Å². The number of anilines is 1. The molecule has 0 heterocycles. The SMILES string of the molecule is COc1ccc([N+](=O)[O-])cc1N(CC(=O)N(Cc1ccc(Cl)cc1Cl)C(C)C(=O)NC1CCCC1)S(C)(=O)=O. The Kier molecular flexibility index (Phi) is 10.0. The molecule has 1 aliphatic carbocycles. The number of hydrogen-bond donors (Lipinski definition) is 1. The highest BCUT2D eigenvalue weighted by Gasteiger charge is 2.33. The molecule has 2 aromatic rings. The van der Waals surface area contributed by atoms with E-state index in [1.165, 1.54) is 24.1 Å². The highest BCUT2D eigenvalue weighted by atomic mass is 35.5. The number of nitrogens with zero attached hydrogens (tertiary/aromatic N) is 3. The molecule has 0 bridgehead atoms. The van der Waals surface area contributed by atoms with E-state index in [0.717, 1.165) is 48.4 Å². The average molecular weight is 602 g/mol. The predicted molar refractivity (Wildman–Crippen MR) is 149 cm³/mol. The third kappa shape index (κ3) is 7.74. The number of sulfonamides is 1. The van der Waals surface area contributed by atoms with Gasteiger partial charge in [-0.2, -0.15) is 0 Å². The summed E-state index contributed by atoms with van der Waals surface area (Å²) in [7, 11) is -2.86. The van der Waals surface area contributed by atoms with E-state index >= 15 is 0 Å². The van der Waals surface area contributed by atoms with Crippen LogP contribution in [0.1, 0.15) is 38.2 Å². The maximum Gasteiger partial charge on any atom is 0.271 e. The molecule has 212 valence electrons. The average Bonchev–Trinajstić information content (AvgIpc) is 3.38. The fraction of sp³-hybridized carbons (Fsp3) is 0.440. The van der Waals surface area contributed by atoms with Gasteiger partial charge in [-0.05, 0) is 43.5 Å². The smallest absolute Gasteiger partial charge is 0.271 e. The highest BCUT2D eigenvalue weighted by molar-refractivity contribution is 7.92.